The van der Waals surface area contributed by atoms with Crippen LogP contribution in [-0.4, -0.2) is 44.8 Å². The van der Waals surface area contributed by atoms with Gasteiger partial charge < -0.3 is 14.7 Å². The Labute approximate surface area is 204 Å². The highest BCUT2D eigenvalue weighted by Gasteiger charge is 2.24. The third kappa shape index (κ3) is 7.94. The third-order valence-electron chi connectivity index (χ3n) is 5.08. The monoisotopic (exact) mass is 501 g/mol. The van der Waals surface area contributed by atoms with Crippen molar-refractivity contribution < 1.29 is 32.6 Å². The topological polar surface area (TPSA) is 131 Å². The Hall–Kier alpha value is -3.70. The number of unbranched alkanes of at least 4 members (excludes halogenated alkanes) is 1. The summed E-state index contributed by atoms with van der Waals surface area (Å²) in [6, 6.07) is 14.0. The van der Waals surface area contributed by atoms with Crippen LogP contribution in [0.25, 0.3) is 0 Å². The molecule has 3 rings (SSSR count). The fourth-order valence-corrected chi connectivity index (χ4v) is 4.51. The lowest BCUT2D eigenvalue weighted by Gasteiger charge is -2.18. The fraction of sp³-hybridized carbons (Fsp3) is 0.292. The Morgan fingerprint density at radius 2 is 2.00 bits per heavy atom. The fourth-order valence-electron chi connectivity index (χ4n) is 3.25. The molecule has 3 N–H and O–H groups in total. The van der Waals surface area contributed by atoms with Crippen molar-refractivity contribution in [2.75, 3.05) is 25.6 Å². The van der Waals surface area contributed by atoms with Crippen LogP contribution >= 0.6 is 0 Å². The van der Waals surface area contributed by atoms with Crippen LogP contribution in [0.1, 0.15) is 30.9 Å². The summed E-state index contributed by atoms with van der Waals surface area (Å²) >= 11 is 0. The summed E-state index contributed by atoms with van der Waals surface area (Å²) in [5.74, 6) is 0.466. The minimum Gasteiger partial charge on any atom is -0.494 e. The average molecular weight is 502 g/mol. The maximum absolute atomic E-state index is 13.0. The van der Waals surface area contributed by atoms with E-state index in [1.54, 1.807) is 42.6 Å². The largest absolute Gasteiger partial charge is 0.494 e. The van der Waals surface area contributed by atoms with Crippen LogP contribution in [0.2, 0.25) is 0 Å². The van der Waals surface area contributed by atoms with Crippen LogP contribution in [0.5, 0.6) is 5.75 Å². The van der Waals surface area contributed by atoms with Crippen LogP contribution < -0.4 is 19.5 Å². The number of aromatic nitrogens is 2. The van der Waals surface area contributed by atoms with E-state index in [1.807, 2.05) is 6.07 Å². The van der Waals surface area contributed by atoms with Crippen molar-refractivity contribution in [3.8, 4) is 5.75 Å². The van der Waals surface area contributed by atoms with Crippen molar-refractivity contribution in [1.82, 2.24) is 9.71 Å². The normalized spacial score (nSPS) is 12.0. The molecule has 0 bridgehead atoms. The number of sulfonamides is 1. The molecular weight excluding hydrogens is 472 g/mol. The summed E-state index contributed by atoms with van der Waals surface area (Å²) in [5, 5.41) is 12.8. The Morgan fingerprint density at radius 3 is 2.74 bits per heavy atom. The number of methoxy groups -OCH3 is 1. The maximum atomic E-state index is 13.0. The number of nitrogens with zero attached hydrogens (tertiary/aromatic N) is 2. The van der Waals surface area contributed by atoms with Crippen LogP contribution in [0, 0.1) is 0 Å². The molecule has 0 aliphatic rings. The first-order valence-corrected chi connectivity index (χ1v) is 12.5. The van der Waals surface area contributed by atoms with E-state index in [9.17, 15) is 18.4 Å². The Balaban J connectivity index is 1.56. The molecule has 10 nitrogen and oxygen atoms in total. The molecule has 1 unspecified atom stereocenters. The number of carbonyl (C=O) groups is 1. The zero-order valence-corrected chi connectivity index (χ0v) is 20.1. The lowest BCUT2D eigenvalue weighted by atomic mass is 10.1. The zero-order valence-electron chi connectivity index (χ0n) is 19.3. The van der Waals surface area contributed by atoms with Gasteiger partial charge in [0.1, 0.15) is 11.9 Å². The number of hydrogen-bond acceptors (Lipinski definition) is 8. The zero-order chi connectivity index (χ0) is 25.1. The molecule has 0 aliphatic carbocycles. The number of nitrogens with one attached hydrogen (secondary N) is 2. The number of carbonyl (C=O) groups excluding carboxylic acids is 1. The second-order valence-electron chi connectivity index (χ2n) is 7.63. The quantitative estimate of drug-likeness (QED) is 0.141. The average Bonchev–Trinajstić information content (AvgIpc) is 2.87. The highest BCUT2D eigenvalue weighted by atomic mass is 32.2. The third-order valence-corrected chi connectivity index (χ3v) is 6.55. The molecule has 0 aliphatic heterocycles. The summed E-state index contributed by atoms with van der Waals surface area (Å²) in [6.45, 7) is 1.04. The first kappa shape index (κ1) is 25.9. The van der Waals surface area contributed by atoms with E-state index in [-0.39, 0.29) is 11.3 Å². The number of anilines is 1. The molecule has 2 heterocycles. The first-order chi connectivity index (χ1) is 16.9. The molecule has 0 saturated heterocycles. The molecule has 0 amide bonds. The number of rotatable bonds is 13. The van der Waals surface area contributed by atoms with Crippen molar-refractivity contribution in [1.29, 1.82) is 0 Å². The van der Waals surface area contributed by atoms with Crippen LogP contribution in [0.4, 0.5) is 5.82 Å². The van der Waals surface area contributed by atoms with E-state index in [1.165, 1.54) is 31.6 Å². The van der Waals surface area contributed by atoms with E-state index in [0.717, 1.165) is 17.6 Å². The molecule has 35 heavy (non-hydrogen) atoms. The van der Waals surface area contributed by atoms with Gasteiger partial charge in [0, 0.05) is 24.5 Å². The second kappa shape index (κ2) is 12.7. The standard InChI is InChI=1S/C24H28N4O6S/c1-33-24(29)17-22(19-8-7-12-25-18-19)27-35(31,32)21-10-6-9-20(16-21)34-15-5-3-13-26-23-11-2-4-14-28(23)30/h2,4,6-12,14,16,18,22,27,30H,3,5,13,15,17H2,1H3/p+1. The Bertz CT molecular complexity index is 1210. The van der Waals surface area contributed by atoms with Gasteiger partial charge in [-0.25, -0.2) is 13.1 Å². The number of ether oxygens (including phenoxy) is 2. The lowest BCUT2D eigenvalue weighted by molar-refractivity contribution is -0.893. The molecule has 0 fully saturated rings. The van der Waals surface area contributed by atoms with Gasteiger partial charge in [-0.2, -0.15) is 0 Å². The van der Waals surface area contributed by atoms with Gasteiger partial charge in [0.2, 0.25) is 10.0 Å². The SMILES string of the molecule is COC(=O)CC(NS(=O)(=O)c1cccc(OCCCCNc2cccc[n+]2O)c1)c1cccnc1. The van der Waals surface area contributed by atoms with Gasteiger partial charge in [0.05, 0.1) is 37.6 Å². The van der Waals surface area contributed by atoms with E-state index < -0.39 is 22.0 Å². The predicted molar refractivity (Wildman–Crippen MR) is 127 cm³/mol. The molecule has 1 atom stereocenters. The van der Waals surface area contributed by atoms with Crippen molar-refractivity contribution in [2.24, 2.45) is 0 Å². The van der Waals surface area contributed by atoms with Crippen LogP contribution in [-0.2, 0) is 19.6 Å². The Kier molecular flexibility index (Phi) is 9.39. The Morgan fingerprint density at radius 1 is 1.14 bits per heavy atom. The summed E-state index contributed by atoms with van der Waals surface area (Å²) < 4.78 is 40.1. The van der Waals surface area contributed by atoms with E-state index in [2.05, 4.69) is 15.0 Å². The van der Waals surface area contributed by atoms with Crippen molar-refractivity contribution in [3.05, 3.63) is 78.8 Å². The molecule has 2 aromatic heterocycles. The van der Waals surface area contributed by atoms with Crippen molar-refractivity contribution >= 4 is 21.8 Å². The molecule has 3 aromatic rings. The van der Waals surface area contributed by atoms with Crippen LogP contribution in [0.3, 0.4) is 0 Å². The molecule has 186 valence electrons. The van der Waals surface area contributed by atoms with E-state index in [0.29, 0.717) is 30.3 Å². The van der Waals surface area contributed by atoms with Gasteiger partial charge in [-0.05, 0) is 42.7 Å². The summed E-state index contributed by atoms with van der Waals surface area (Å²) in [5.41, 5.74) is 0.546. The number of esters is 1. The number of hydrogen-bond donors (Lipinski definition) is 3. The molecule has 0 saturated carbocycles. The van der Waals surface area contributed by atoms with E-state index >= 15 is 0 Å². The van der Waals surface area contributed by atoms with Gasteiger partial charge in [-0.15, -0.1) is 0 Å². The lowest BCUT2D eigenvalue weighted by Crippen LogP contribution is -2.33. The van der Waals surface area contributed by atoms with Gasteiger partial charge >= 0.3 is 11.8 Å². The van der Waals surface area contributed by atoms with Gasteiger partial charge in [0.15, 0.2) is 0 Å². The molecule has 1 aromatic carbocycles. The van der Waals surface area contributed by atoms with Crippen LogP contribution in [0.15, 0.2) is 78.1 Å². The summed E-state index contributed by atoms with van der Waals surface area (Å²) in [7, 11) is -2.71. The van der Waals surface area contributed by atoms with Crippen molar-refractivity contribution in [3.63, 3.8) is 0 Å². The smallest absolute Gasteiger partial charge is 0.313 e. The molecular formula is C24H29N4O6S+. The van der Waals surface area contributed by atoms with Gasteiger partial charge in [-0.3, -0.25) is 15.1 Å². The number of benzene rings is 1. The van der Waals surface area contributed by atoms with Crippen molar-refractivity contribution in [2.45, 2.75) is 30.2 Å². The second-order valence-corrected chi connectivity index (χ2v) is 9.34. The van der Waals surface area contributed by atoms with Gasteiger partial charge in [0.25, 0.3) is 0 Å². The summed E-state index contributed by atoms with van der Waals surface area (Å²) in [6.07, 6.45) is 5.94. The highest BCUT2D eigenvalue weighted by Crippen LogP contribution is 2.23. The molecule has 11 heteroatoms. The predicted octanol–water partition coefficient (Wildman–Crippen LogP) is 2.46. The maximum Gasteiger partial charge on any atom is 0.313 e. The minimum absolute atomic E-state index is 0.0204. The van der Waals surface area contributed by atoms with E-state index in [4.69, 9.17) is 9.47 Å². The number of pyridine rings is 2. The first-order valence-electron chi connectivity index (χ1n) is 11.0. The summed E-state index contributed by atoms with van der Waals surface area (Å²) in [4.78, 5) is 15.9. The highest BCUT2D eigenvalue weighted by molar-refractivity contribution is 7.89. The molecule has 0 spiro atoms. The van der Waals surface area contributed by atoms with Gasteiger partial charge in [-0.1, -0.05) is 22.9 Å². The minimum atomic E-state index is -3.96. The molecule has 0 radical (unpaired) electrons.